The maximum absolute atomic E-state index is 13.8. The summed E-state index contributed by atoms with van der Waals surface area (Å²) in [7, 11) is 0. The summed E-state index contributed by atoms with van der Waals surface area (Å²) in [6, 6.07) is -1.21. The summed E-state index contributed by atoms with van der Waals surface area (Å²) in [6.45, 7) is 4.35. The molecule has 3 saturated carbocycles. The standard InChI is InChI=1S/C25H37N3O5/c1-15(2)19(26-24(32)33-17-7-4-3-5-8-17)22(30)27-14-11-18-20(27)25(12-6-13-25)23(31)28(18)21(29)16-9-10-16/h15-20H,3-14H2,1-2H3,(H,26,32)/t18-,19-,20-/m0/s1. The second-order valence-electron chi connectivity index (χ2n) is 11.2. The molecule has 0 aromatic heterocycles. The van der Waals surface area contributed by atoms with Crippen LogP contribution in [0.5, 0.6) is 0 Å². The summed E-state index contributed by atoms with van der Waals surface area (Å²) in [6.07, 6.45) is 9.19. The number of carbonyl (C=O) groups is 4. The van der Waals surface area contributed by atoms with Gasteiger partial charge in [-0.15, -0.1) is 0 Å². The van der Waals surface area contributed by atoms with E-state index in [1.807, 2.05) is 18.7 Å². The Morgan fingerprint density at radius 1 is 1.00 bits per heavy atom. The Kier molecular flexibility index (Phi) is 5.90. The zero-order valence-electron chi connectivity index (χ0n) is 19.9. The lowest BCUT2D eigenvalue weighted by Gasteiger charge is -2.44. The first-order chi connectivity index (χ1) is 15.8. The van der Waals surface area contributed by atoms with Crippen molar-refractivity contribution in [2.45, 2.75) is 109 Å². The summed E-state index contributed by atoms with van der Waals surface area (Å²) in [5.74, 6) is -0.396. The monoisotopic (exact) mass is 459 g/mol. The van der Waals surface area contributed by atoms with Crippen molar-refractivity contribution in [2.75, 3.05) is 6.54 Å². The van der Waals surface area contributed by atoms with Gasteiger partial charge in [-0.25, -0.2) is 4.79 Å². The highest BCUT2D eigenvalue weighted by Gasteiger charge is 2.68. The Balaban J connectivity index is 1.32. The third-order valence-corrected chi connectivity index (χ3v) is 8.63. The van der Waals surface area contributed by atoms with Gasteiger partial charge in [0.05, 0.1) is 17.5 Å². The maximum atomic E-state index is 13.8. The topological polar surface area (TPSA) is 96.0 Å². The third kappa shape index (κ3) is 3.83. The quantitative estimate of drug-likeness (QED) is 0.638. The summed E-state index contributed by atoms with van der Waals surface area (Å²) >= 11 is 0. The van der Waals surface area contributed by atoms with Gasteiger partial charge in [-0.2, -0.15) is 0 Å². The van der Waals surface area contributed by atoms with E-state index >= 15 is 0 Å². The largest absolute Gasteiger partial charge is 0.446 e. The van der Waals surface area contributed by atoms with Crippen molar-refractivity contribution in [3.05, 3.63) is 0 Å². The van der Waals surface area contributed by atoms with E-state index in [1.54, 1.807) is 0 Å². The van der Waals surface area contributed by atoms with Crippen molar-refractivity contribution < 1.29 is 23.9 Å². The molecule has 5 rings (SSSR count). The van der Waals surface area contributed by atoms with Gasteiger partial charge < -0.3 is 15.0 Å². The number of rotatable bonds is 5. The first-order valence-electron chi connectivity index (χ1n) is 13.0. The average Bonchev–Trinajstić information content (AvgIpc) is 3.47. The van der Waals surface area contributed by atoms with Crippen LogP contribution >= 0.6 is 0 Å². The molecule has 0 aromatic rings. The van der Waals surface area contributed by atoms with Crippen LogP contribution in [-0.4, -0.2) is 64.4 Å². The molecule has 2 saturated heterocycles. The number of likely N-dealkylation sites (tertiary alicyclic amines) is 2. The Labute approximate surface area is 195 Å². The van der Waals surface area contributed by atoms with E-state index in [9.17, 15) is 19.2 Å². The van der Waals surface area contributed by atoms with E-state index < -0.39 is 17.6 Å². The molecular formula is C25H37N3O5. The highest BCUT2D eigenvalue weighted by Crippen LogP contribution is 2.56. The molecule has 0 aromatic carbocycles. The summed E-state index contributed by atoms with van der Waals surface area (Å²) in [5, 5.41) is 2.84. The second kappa shape index (κ2) is 8.58. The molecule has 0 unspecified atom stereocenters. The van der Waals surface area contributed by atoms with E-state index in [1.165, 1.54) is 11.3 Å². The predicted molar refractivity (Wildman–Crippen MR) is 120 cm³/mol. The Hall–Kier alpha value is -2.12. The number of nitrogens with one attached hydrogen (secondary N) is 1. The molecule has 182 valence electrons. The molecule has 1 N–H and O–H groups in total. The number of alkyl carbamates (subject to hydrolysis) is 1. The predicted octanol–water partition coefficient (Wildman–Crippen LogP) is 2.99. The number of imide groups is 1. The minimum atomic E-state index is -0.708. The zero-order chi connectivity index (χ0) is 23.3. The molecule has 33 heavy (non-hydrogen) atoms. The fourth-order valence-corrected chi connectivity index (χ4v) is 6.52. The number of ether oxygens (including phenoxy) is 1. The van der Waals surface area contributed by atoms with Crippen LogP contribution in [0.15, 0.2) is 0 Å². The van der Waals surface area contributed by atoms with Crippen molar-refractivity contribution in [3.8, 4) is 0 Å². The normalized spacial score (nSPS) is 29.7. The maximum Gasteiger partial charge on any atom is 0.408 e. The highest BCUT2D eigenvalue weighted by molar-refractivity contribution is 6.04. The molecule has 5 fully saturated rings. The third-order valence-electron chi connectivity index (χ3n) is 8.63. The van der Waals surface area contributed by atoms with Gasteiger partial charge in [0, 0.05) is 12.5 Å². The number of hydrogen-bond acceptors (Lipinski definition) is 5. The van der Waals surface area contributed by atoms with Crippen LogP contribution in [0.3, 0.4) is 0 Å². The van der Waals surface area contributed by atoms with Gasteiger partial charge in [0.2, 0.25) is 17.7 Å². The molecule has 3 aliphatic carbocycles. The first-order valence-corrected chi connectivity index (χ1v) is 13.0. The lowest BCUT2D eigenvalue weighted by Crippen LogP contribution is -2.58. The molecule has 3 atom stereocenters. The molecule has 8 nitrogen and oxygen atoms in total. The molecule has 4 amide bonds. The molecule has 2 heterocycles. The van der Waals surface area contributed by atoms with Crippen LogP contribution in [0.1, 0.15) is 84.5 Å². The summed E-state index contributed by atoms with van der Waals surface area (Å²) in [4.78, 5) is 56.1. The van der Waals surface area contributed by atoms with Crippen LogP contribution in [0.25, 0.3) is 0 Å². The summed E-state index contributed by atoms with van der Waals surface area (Å²) in [5.41, 5.74) is -0.620. The van der Waals surface area contributed by atoms with Crippen molar-refractivity contribution >= 4 is 23.8 Å². The number of fused-ring (bicyclic) bond motifs is 2. The van der Waals surface area contributed by atoms with Crippen LogP contribution in [0, 0.1) is 17.3 Å². The first kappa shape index (κ1) is 22.7. The van der Waals surface area contributed by atoms with Gasteiger partial charge in [0.25, 0.3) is 0 Å². The molecular weight excluding hydrogens is 422 g/mol. The van der Waals surface area contributed by atoms with Gasteiger partial charge in [-0.05, 0) is 63.7 Å². The van der Waals surface area contributed by atoms with Crippen LogP contribution in [-0.2, 0) is 19.1 Å². The van der Waals surface area contributed by atoms with Crippen LogP contribution in [0.4, 0.5) is 4.79 Å². The fraction of sp³-hybridized carbons (Fsp3) is 0.840. The number of amides is 4. The van der Waals surface area contributed by atoms with E-state index in [4.69, 9.17) is 4.74 Å². The van der Waals surface area contributed by atoms with E-state index in [0.717, 1.165) is 57.8 Å². The van der Waals surface area contributed by atoms with Gasteiger partial charge in [0.1, 0.15) is 12.1 Å². The Morgan fingerprint density at radius 3 is 2.27 bits per heavy atom. The van der Waals surface area contributed by atoms with E-state index in [2.05, 4.69) is 5.32 Å². The number of carbonyl (C=O) groups excluding carboxylic acids is 4. The van der Waals surface area contributed by atoms with Crippen molar-refractivity contribution in [1.29, 1.82) is 0 Å². The number of hydrogen-bond donors (Lipinski definition) is 1. The fourth-order valence-electron chi connectivity index (χ4n) is 6.52. The average molecular weight is 460 g/mol. The van der Waals surface area contributed by atoms with Crippen LogP contribution in [0.2, 0.25) is 0 Å². The Morgan fingerprint density at radius 2 is 1.70 bits per heavy atom. The molecule has 2 aliphatic heterocycles. The van der Waals surface area contributed by atoms with Crippen molar-refractivity contribution in [1.82, 2.24) is 15.1 Å². The number of nitrogens with zero attached hydrogens (tertiary/aromatic N) is 2. The molecule has 1 spiro atoms. The molecule has 8 heteroatoms. The molecule has 0 bridgehead atoms. The summed E-state index contributed by atoms with van der Waals surface area (Å²) < 4.78 is 5.62. The van der Waals surface area contributed by atoms with Crippen molar-refractivity contribution in [2.24, 2.45) is 17.3 Å². The van der Waals surface area contributed by atoms with Gasteiger partial charge in [-0.1, -0.05) is 26.7 Å². The second-order valence-corrected chi connectivity index (χ2v) is 11.2. The van der Waals surface area contributed by atoms with Gasteiger partial charge in [0.15, 0.2) is 0 Å². The zero-order valence-corrected chi connectivity index (χ0v) is 19.9. The van der Waals surface area contributed by atoms with Gasteiger partial charge in [-0.3, -0.25) is 19.3 Å². The van der Waals surface area contributed by atoms with E-state index in [0.29, 0.717) is 13.0 Å². The van der Waals surface area contributed by atoms with E-state index in [-0.39, 0.29) is 47.7 Å². The highest BCUT2D eigenvalue weighted by atomic mass is 16.6. The Bertz CT molecular complexity index is 828. The SMILES string of the molecule is CC(C)[C@H](NC(=O)OC1CCCCC1)C(=O)N1CC[C@H]2[C@H]1C1(CCC1)C(=O)N2C(=O)C1CC1. The minimum absolute atomic E-state index is 0.0192. The van der Waals surface area contributed by atoms with Crippen molar-refractivity contribution in [3.63, 3.8) is 0 Å². The molecule has 5 aliphatic rings. The molecule has 0 radical (unpaired) electrons. The lowest BCUT2D eigenvalue weighted by molar-refractivity contribution is -0.152. The lowest BCUT2D eigenvalue weighted by atomic mass is 9.64. The smallest absolute Gasteiger partial charge is 0.408 e. The van der Waals surface area contributed by atoms with Gasteiger partial charge >= 0.3 is 6.09 Å². The minimum Gasteiger partial charge on any atom is -0.446 e. The van der Waals surface area contributed by atoms with Crippen LogP contribution < -0.4 is 5.32 Å².